The number of hydrogen-bond donors (Lipinski definition) is 1. The predicted octanol–water partition coefficient (Wildman–Crippen LogP) is 2.97. The fraction of sp³-hybridized carbons (Fsp3) is 0.647. The minimum Gasteiger partial charge on any atom is -0.490 e. The third-order valence-corrected chi connectivity index (χ3v) is 3.93. The zero-order valence-corrected chi connectivity index (χ0v) is 13.3. The molecule has 0 saturated carbocycles. The number of rotatable bonds is 7. The molecule has 4 heteroatoms. The van der Waals surface area contributed by atoms with Crippen LogP contribution in [0.2, 0.25) is 0 Å². The summed E-state index contributed by atoms with van der Waals surface area (Å²) in [5.74, 6) is 1.67. The Morgan fingerprint density at radius 3 is 2.67 bits per heavy atom. The SMILES string of the molecule is CCCCN(CC)CC(N)c1ccc2c(c1)OCCCO2. The monoisotopic (exact) mass is 292 g/mol. The molecule has 1 aromatic carbocycles. The molecule has 118 valence electrons. The van der Waals surface area contributed by atoms with E-state index in [9.17, 15) is 0 Å². The van der Waals surface area contributed by atoms with Crippen molar-refractivity contribution in [3.8, 4) is 11.5 Å². The highest BCUT2D eigenvalue weighted by atomic mass is 16.5. The molecule has 4 nitrogen and oxygen atoms in total. The van der Waals surface area contributed by atoms with Crippen LogP contribution in [0.5, 0.6) is 11.5 Å². The molecule has 1 unspecified atom stereocenters. The fourth-order valence-electron chi connectivity index (χ4n) is 2.55. The van der Waals surface area contributed by atoms with Gasteiger partial charge < -0.3 is 20.1 Å². The topological polar surface area (TPSA) is 47.7 Å². The van der Waals surface area contributed by atoms with Crippen LogP contribution in [0.4, 0.5) is 0 Å². The first kappa shape index (κ1) is 16.1. The van der Waals surface area contributed by atoms with E-state index in [2.05, 4.69) is 24.8 Å². The van der Waals surface area contributed by atoms with Gasteiger partial charge in [0.05, 0.1) is 13.2 Å². The van der Waals surface area contributed by atoms with Crippen molar-refractivity contribution in [2.45, 2.75) is 39.2 Å². The van der Waals surface area contributed by atoms with Gasteiger partial charge in [-0.1, -0.05) is 26.3 Å². The van der Waals surface area contributed by atoms with Crippen molar-refractivity contribution in [1.29, 1.82) is 0 Å². The summed E-state index contributed by atoms with van der Waals surface area (Å²) in [5.41, 5.74) is 7.50. The quantitative estimate of drug-likeness (QED) is 0.839. The molecule has 0 saturated heterocycles. The number of benzene rings is 1. The van der Waals surface area contributed by atoms with Crippen LogP contribution in [0.25, 0.3) is 0 Å². The summed E-state index contributed by atoms with van der Waals surface area (Å²) in [4.78, 5) is 2.41. The van der Waals surface area contributed by atoms with Crippen LogP contribution in [-0.2, 0) is 0 Å². The summed E-state index contributed by atoms with van der Waals surface area (Å²) in [6.45, 7) is 8.88. The van der Waals surface area contributed by atoms with E-state index >= 15 is 0 Å². The molecule has 1 heterocycles. The molecule has 0 aromatic heterocycles. The summed E-state index contributed by atoms with van der Waals surface area (Å²) in [6, 6.07) is 6.10. The van der Waals surface area contributed by atoms with Crippen LogP contribution in [0, 0.1) is 0 Å². The maximum Gasteiger partial charge on any atom is 0.161 e. The lowest BCUT2D eigenvalue weighted by molar-refractivity contribution is 0.266. The van der Waals surface area contributed by atoms with E-state index in [0.717, 1.165) is 49.7 Å². The Kier molecular flexibility index (Phi) is 6.33. The number of nitrogens with zero attached hydrogens (tertiary/aromatic N) is 1. The standard InChI is InChI=1S/C17H28N2O2/c1-3-5-9-19(4-2)13-15(18)14-7-8-16-17(12-14)21-11-6-10-20-16/h7-8,12,15H,3-6,9-11,13,18H2,1-2H3. The Hall–Kier alpha value is -1.26. The number of unbranched alkanes of at least 4 members (excludes halogenated alkanes) is 1. The van der Waals surface area contributed by atoms with Crippen molar-refractivity contribution >= 4 is 0 Å². The average Bonchev–Trinajstić information content (AvgIpc) is 2.75. The molecule has 0 bridgehead atoms. The number of fused-ring (bicyclic) bond motifs is 1. The number of likely N-dealkylation sites (N-methyl/N-ethyl adjacent to an activating group) is 1. The van der Waals surface area contributed by atoms with E-state index in [-0.39, 0.29) is 6.04 Å². The second kappa shape index (κ2) is 8.25. The zero-order chi connectivity index (χ0) is 15.1. The van der Waals surface area contributed by atoms with Crippen molar-refractivity contribution in [1.82, 2.24) is 4.90 Å². The summed E-state index contributed by atoms with van der Waals surface area (Å²) in [5, 5.41) is 0. The van der Waals surface area contributed by atoms with Gasteiger partial charge in [0.1, 0.15) is 0 Å². The first-order valence-electron chi connectivity index (χ1n) is 8.12. The molecule has 1 aliphatic heterocycles. The highest BCUT2D eigenvalue weighted by Crippen LogP contribution is 2.32. The minimum absolute atomic E-state index is 0.0129. The van der Waals surface area contributed by atoms with Crippen LogP contribution in [0.3, 0.4) is 0 Å². The summed E-state index contributed by atoms with van der Waals surface area (Å²) in [7, 11) is 0. The van der Waals surface area contributed by atoms with Crippen molar-refractivity contribution in [2.75, 3.05) is 32.8 Å². The van der Waals surface area contributed by atoms with Gasteiger partial charge in [0.25, 0.3) is 0 Å². The minimum atomic E-state index is 0.0129. The lowest BCUT2D eigenvalue weighted by Crippen LogP contribution is -2.32. The predicted molar refractivity (Wildman–Crippen MR) is 86.0 cm³/mol. The third kappa shape index (κ3) is 4.61. The van der Waals surface area contributed by atoms with Gasteiger partial charge in [-0.15, -0.1) is 0 Å². The Morgan fingerprint density at radius 2 is 1.95 bits per heavy atom. The Labute approximate surface area is 128 Å². The molecule has 1 aliphatic rings. The van der Waals surface area contributed by atoms with E-state index in [1.165, 1.54) is 12.8 Å². The Bertz CT molecular complexity index is 437. The van der Waals surface area contributed by atoms with Crippen molar-refractivity contribution in [3.05, 3.63) is 23.8 Å². The number of hydrogen-bond acceptors (Lipinski definition) is 4. The molecular weight excluding hydrogens is 264 g/mol. The first-order chi connectivity index (χ1) is 10.2. The number of nitrogens with two attached hydrogens (primary N) is 1. The highest BCUT2D eigenvalue weighted by Gasteiger charge is 2.15. The van der Waals surface area contributed by atoms with Gasteiger partial charge in [-0.25, -0.2) is 0 Å². The van der Waals surface area contributed by atoms with E-state index < -0.39 is 0 Å². The molecule has 0 fully saturated rings. The largest absolute Gasteiger partial charge is 0.490 e. The van der Waals surface area contributed by atoms with Crippen LogP contribution < -0.4 is 15.2 Å². The lowest BCUT2D eigenvalue weighted by Gasteiger charge is -2.24. The zero-order valence-electron chi connectivity index (χ0n) is 13.3. The Balaban J connectivity index is 2.01. The molecule has 0 radical (unpaired) electrons. The maximum atomic E-state index is 6.38. The van der Waals surface area contributed by atoms with Crippen molar-refractivity contribution < 1.29 is 9.47 Å². The van der Waals surface area contributed by atoms with E-state index in [4.69, 9.17) is 15.2 Å². The second-order valence-electron chi connectivity index (χ2n) is 5.61. The van der Waals surface area contributed by atoms with Gasteiger partial charge in [0.15, 0.2) is 11.5 Å². The highest BCUT2D eigenvalue weighted by molar-refractivity contribution is 5.44. The van der Waals surface area contributed by atoms with Gasteiger partial charge in [-0.3, -0.25) is 0 Å². The van der Waals surface area contributed by atoms with E-state index in [0.29, 0.717) is 6.61 Å². The average molecular weight is 292 g/mol. The van der Waals surface area contributed by atoms with Gasteiger partial charge in [-0.05, 0) is 37.2 Å². The van der Waals surface area contributed by atoms with Gasteiger partial charge in [0.2, 0.25) is 0 Å². The van der Waals surface area contributed by atoms with E-state index in [1.807, 2.05) is 12.1 Å². The molecule has 0 amide bonds. The lowest BCUT2D eigenvalue weighted by atomic mass is 10.1. The molecule has 0 aliphatic carbocycles. The second-order valence-corrected chi connectivity index (χ2v) is 5.61. The molecule has 1 atom stereocenters. The summed E-state index contributed by atoms with van der Waals surface area (Å²) >= 11 is 0. The third-order valence-electron chi connectivity index (χ3n) is 3.93. The molecule has 0 spiro atoms. The van der Waals surface area contributed by atoms with Crippen LogP contribution >= 0.6 is 0 Å². The summed E-state index contributed by atoms with van der Waals surface area (Å²) < 4.78 is 11.4. The van der Waals surface area contributed by atoms with Gasteiger partial charge in [-0.2, -0.15) is 0 Å². The summed E-state index contributed by atoms with van der Waals surface area (Å²) in [6.07, 6.45) is 3.37. The van der Waals surface area contributed by atoms with Crippen molar-refractivity contribution in [3.63, 3.8) is 0 Å². The van der Waals surface area contributed by atoms with E-state index in [1.54, 1.807) is 0 Å². The molecule has 2 rings (SSSR count). The molecular formula is C17H28N2O2. The smallest absolute Gasteiger partial charge is 0.161 e. The normalized spacial score (nSPS) is 15.8. The van der Waals surface area contributed by atoms with Gasteiger partial charge in [0, 0.05) is 19.0 Å². The van der Waals surface area contributed by atoms with Crippen LogP contribution in [0.15, 0.2) is 18.2 Å². The molecule has 1 aromatic rings. The van der Waals surface area contributed by atoms with Gasteiger partial charge >= 0.3 is 0 Å². The maximum absolute atomic E-state index is 6.38. The van der Waals surface area contributed by atoms with Crippen molar-refractivity contribution in [2.24, 2.45) is 5.73 Å². The molecule has 2 N–H and O–H groups in total. The fourth-order valence-corrected chi connectivity index (χ4v) is 2.55. The van der Waals surface area contributed by atoms with Crippen LogP contribution in [-0.4, -0.2) is 37.7 Å². The number of ether oxygens (including phenoxy) is 2. The van der Waals surface area contributed by atoms with Crippen LogP contribution in [0.1, 0.15) is 44.7 Å². The molecule has 21 heavy (non-hydrogen) atoms. The Morgan fingerprint density at radius 1 is 1.19 bits per heavy atom. The first-order valence-corrected chi connectivity index (χ1v) is 8.12.